The Balaban J connectivity index is 1.83. The van der Waals surface area contributed by atoms with Crippen LogP contribution >= 0.6 is 11.3 Å². The standard InChI is InChI=1S/C11H10N4S/c12-6-9-7-15-11(8-14-9)13-4-3-10-2-1-5-16-10/h1-2,5,7-8H,3-4H2,(H,13,15). The number of anilines is 1. The molecule has 0 aromatic carbocycles. The molecule has 4 nitrogen and oxygen atoms in total. The lowest BCUT2D eigenvalue weighted by atomic mass is 10.3. The number of nitrogens with one attached hydrogen (secondary N) is 1. The van der Waals surface area contributed by atoms with Crippen molar-refractivity contribution in [1.82, 2.24) is 9.97 Å². The summed E-state index contributed by atoms with van der Waals surface area (Å²) in [6, 6.07) is 6.08. The highest BCUT2D eigenvalue weighted by Gasteiger charge is 1.97. The smallest absolute Gasteiger partial charge is 0.158 e. The topological polar surface area (TPSA) is 61.6 Å². The molecule has 2 rings (SSSR count). The minimum Gasteiger partial charge on any atom is -0.368 e. The number of hydrogen-bond donors (Lipinski definition) is 1. The molecule has 0 spiro atoms. The summed E-state index contributed by atoms with van der Waals surface area (Å²) in [7, 11) is 0. The second-order valence-electron chi connectivity index (χ2n) is 3.15. The van der Waals surface area contributed by atoms with Crippen molar-refractivity contribution < 1.29 is 0 Å². The van der Waals surface area contributed by atoms with E-state index in [1.807, 2.05) is 12.1 Å². The van der Waals surface area contributed by atoms with Gasteiger partial charge in [0.05, 0.1) is 12.4 Å². The fourth-order valence-electron chi connectivity index (χ4n) is 1.25. The van der Waals surface area contributed by atoms with Crippen molar-refractivity contribution in [1.29, 1.82) is 5.26 Å². The summed E-state index contributed by atoms with van der Waals surface area (Å²) in [5.74, 6) is 0.704. The van der Waals surface area contributed by atoms with Crippen molar-refractivity contribution in [2.45, 2.75) is 6.42 Å². The third kappa shape index (κ3) is 2.78. The number of aromatic nitrogens is 2. The van der Waals surface area contributed by atoms with Crippen molar-refractivity contribution in [3.8, 4) is 6.07 Å². The number of hydrogen-bond acceptors (Lipinski definition) is 5. The predicted octanol–water partition coefficient (Wildman–Crippen LogP) is 2.06. The molecule has 0 unspecified atom stereocenters. The van der Waals surface area contributed by atoms with Crippen molar-refractivity contribution in [2.24, 2.45) is 0 Å². The van der Waals surface area contributed by atoms with Crippen LogP contribution in [0.1, 0.15) is 10.6 Å². The number of thiophene rings is 1. The van der Waals surface area contributed by atoms with Gasteiger partial charge in [-0.1, -0.05) is 6.07 Å². The largest absolute Gasteiger partial charge is 0.368 e. The van der Waals surface area contributed by atoms with E-state index in [9.17, 15) is 0 Å². The molecule has 0 radical (unpaired) electrons. The van der Waals surface area contributed by atoms with E-state index >= 15 is 0 Å². The molecule has 0 saturated heterocycles. The summed E-state index contributed by atoms with van der Waals surface area (Å²) in [5, 5.41) is 13.8. The number of nitriles is 1. The van der Waals surface area contributed by atoms with Crippen molar-refractivity contribution in [2.75, 3.05) is 11.9 Å². The predicted molar refractivity (Wildman–Crippen MR) is 63.3 cm³/mol. The Morgan fingerprint density at radius 3 is 2.94 bits per heavy atom. The zero-order valence-corrected chi connectivity index (χ0v) is 9.37. The van der Waals surface area contributed by atoms with Crippen molar-refractivity contribution >= 4 is 17.2 Å². The maximum atomic E-state index is 8.56. The summed E-state index contributed by atoms with van der Waals surface area (Å²) >= 11 is 1.75. The van der Waals surface area contributed by atoms with Crippen molar-refractivity contribution in [3.05, 3.63) is 40.5 Å². The first kappa shape index (κ1) is 10.6. The zero-order chi connectivity index (χ0) is 11.2. The highest BCUT2D eigenvalue weighted by Crippen LogP contribution is 2.09. The average molecular weight is 230 g/mol. The van der Waals surface area contributed by atoms with Crippen LogP contribution < -0.4 is 5.32 Å². The lowest BCUT2D eigenvalue weighted by molar-refractivity contribution is 1.02. The summed E-state index contributed by atoms with van der Waals surface area (Å²) in [6.07, 6.45) is 4.01. The second kappa shape index (κ2) is 5.24. The molecule has 2 heterocycles. The molecular formula is C11H10N4S. The van der Waals surface area contributed by atoms with E-state index in [4.69, 9.17) is 5.26 Å². The van der Waals surface area contributed by atoms with Crippen molar-refractivity contribution in [3.63, 3.8) is 0 Å². The van der Waals surface area contributed by atoms with Crippen LogP contribution in [-0.4, -0.2) is 16.5 Å². The van der Waals surface area contributed by atoms with Crippen LogP contribution in [0.25, 0.3) is 0 Å². The maximum Gasteiger partial charge on any atom is 0.158 e. The maximum absolute atomic E-state index is 8.56. The van der Waals surface area contributed by atoms with Crippen LogP contribution in [0.3, 0.4) is 0 Å². The highest BCUT2D eigenvalue weighted by molar-refractivity contribution is 7.09. The third-order valence-corrected chi connectivity index (χ3v) is 2.96. The summed E-state index contributed by atoms with van der Waals surface area (Å²) in [4.78, 5) is 9.35. The molecular weight excluding hydrogens is 220 g/mol. The molecule has 0 bridgehead atoms. The van der Waals surface area contributed by atoms with Gasteiger partial charge < -0.3 is 5.32 Å². The Kier molecular flexibility index (Phi) is 3.46. The quantitative estimate of drug-likeness (QED) is 0.873. The van der Waals surface area contributed by atoms with Crippen LogP contribution in [0, 0.1) is 11.3 Å². The Morgan fingerprint density at radius 1 is 1.38 bits per heavy atom. The monoisotopic (exact) mass is 230 g/mol. The Labute approximate surface area is 97.6 Å². The fourth-order valence-corrected chi connectivity index (χ4v) is 1.95. The molecule has 80 valence electrons. The third-order valence-electron chi connectivity index (χ3n) is 2.02. The first-order valence-electron chi connectivity index (χ1n) is 4.87. The lowest BCUT2D eigenvalue weighted by Gasteiger charge is -2.03. The first-order valence-corrected chi connectivity index (χ1v) is 5.75. The fraction of sp³-hybridized carbons (Fsp3) is 0.182. The minimum absolute atomic E-state index is 0.337. The zero-order valence-electron chi connectivity index (χ0n) is 8.55. The van der Waals surface area contributed by atoms with Gasteiger partial charge in [0.2, 0.25) is 0 Å². The van der Waals surface area contributed by atoms with Gasteiger partial charge in [-0.3, -0.25) is 0 Å². The van der Waals surface area contributed by atoms with Crippen LogP contribution in [0.4, 0.5) is 5.82 Å². The molecule has 0 atom stereocenters. The van der Waals surface area contributed by atoms with Gasteiger partial charge in [0, 0.05) is 11.4 Å². The van der Waals surface area contributed by atoms with E-state index in [2.05, 4.69) is 26.7 Å². The molecule has 0 amide bonds. The lowest BCUT2D eigenvalue weighted by Crippen LogP contribution is -2.05. The average Bonchev–Trinajstić information content (AvgIpc) is 2.83. The van der Waals surface area contributed by atoms with Gasteiger partial charge in [0.1, 0.15) is 11.9 Å². The van der Waals surface area contributed by atoms with Gasteiger partial charge in [-0.2, -0.15) is 5.26 Å². The van der Waals surface area contributed by atoms with E-state index in [1.54, 1.807) is 17.5 Å². The van der Waals surface area contributed by atoms with Gasteiger partial charge >= 0.3 is 0 Å². The molecule has 0 saturated carbocycles. The van der Waals surface area contributed by atoms with E-state index < -0.39 is 0 Å². The van der Waals surface area contributed by atoms with Gasteiger partial charge in [0.15, 0.2) is 5.69 Å². The molecule has 5 heteroatoms. The summed E-state index contributed by atoms with van der Waals surface area (Å²) in [6.45, 7) is 0.821. The normalized spacial score (nSPS) is 9.69. The summed E-state index contributed by atoms with van der Waals surface area (Å²) < 4.78 is 0. The molecule has 2 aromatic rings. The second-order valence-corrected chi connectivity index (χ2v) is 4.19. The molecule has 16 heavy (non-hydrogen) atoms. The highest BCUT2D eigenvalue weighted by atomic mass is 32.1. The van der Waals surface area contributed by atoms with E-state index in [1.165, 1.54) is 11.1 Å². The van der Waals surface area contributed by atoms with Gasteiger partial charge in [-0.05, 0) is 17.9 Å². The molecule has 0 fully saturated rings. The Morgan fingerprint density at radius 2 is 2.31 bits per heavy atom. The van der Waals surface area contributed by atoms with Crippen LogP contribution in [0.5, 0.6) is 0 Å². The first-order chi connectivity index (χ1) is 7.88. The molecule has 1 N–H and O–H groups in total. The van der Waals surface area contributed by atoms with Gasteiger partial charge in [-0.15, -0.1) is 11.3 Å². The Bertz CT molecular complexity index is 470. The van der Waals surface area contributed by atoms with E-state index in [0.717, 1.165) is 13.0 Å². The molecule has 0 aliphatic carbocycles. The summed E-state index contributed by atoms with van der Waals surface area (Å²) in [5.41, 5.74) is 0.337. The van der Waals surface area contributed by atoms with E-state index in [0.29, 0.717) is 11.5 Å². The van der Waals surface area contributed by atoms with Crippen LogP contribution in [0.2, 0.25) is 0 Å². The van der Waals surface area contributed by atoms with Gasteiger partial charge in [-0.25, -0.2) is 9.97 Å². The molecule has 0 aliphatic heterocycles. The number of nitrogens with zero attached hydrogens (tertiary/aromatic N) is 3. The minimum atomic E-state index is 0.337. The molecule has 2 aromatic heterocycles. The van der Waals surface area contributed by atoms with Crippen LogP contribution in [0.15, 0.2) is 29.9 Å². The SMILES string of the molecule is N#Cc1cnc(NCCc2cccs2)cn1. The number of rotatable bonds is 4. The van der Waals surface area contributed by atoms with Gasteiger partial charge in [0.25, 0.3) is 0 Å². The molecule has 0 aliphatic rings. The van der Waals surface area contributed by atoms with Crippen LogP contribution in [-0.2, 0) is 6.42 Å². The Hall–Kier alpha value is -1.93. The van der Waals surface area contributed by atoms with E-state index in [-0.39, 0.29) is 0 Å².